The number of sulfonamides is 1. The maximum atomic E-state index is 12.2. The summed E-state index contributed by atoms with van der Waals surface area (Å²) in [5.41, 5.74) is 0.462. The Bertz CT molecular complexity index is 631. The molecule has 1 unspecified atom stereocenters. The molecule has 1 amide bonds. The number of primary sulfonamides is 1. The van der Waals surface area contributed by atoms with Gasteiger partial charge in [-0.25, -0.2) is 13.6 Å². The van der Waals surface area contributed by atoms with Gasteiger partial charge in [0.2, 0.25) is 10.0 Å². The lowest BCUT2D eigenvalue weighted by molar-refractivity contribution is 0.0894. The third-order valence-electron chi connectivity index (χ3n) is 3.06. The minimum atomic E-state index is -3.95. The van der Waals surface area contributed by atoms with Gasteiger partial charge in [0, 0.05) is 17.7 Å². The van der Waals surface area contributed by atoms with Crippen molar-refractivity contribution >= 4 is 27.5 Å². The number of methoxy groups -OCH3 is 1. The fraction of sp³-hybridized carbons (Fsp3) is 0.462. The van der Waals surface area contributed by atoms with E-state index in [1.54, 1.807) is 0 Å². The highest BCUT2D eigenvalue weighted by Crippen LogP contribution is 2.24. The third kappa shape index (κ3) is 4.67. The van der Waals surface area contributed by atoms with E-state index in [-0.39, 0.29) is 21.5 Å². The minimum Gasteiger partial charge on any atom is -0.383 e. The summed E-state index contributed by atoms with van der Waals surface area (Å²) in [6, 6.07) is 2.48. The van der Waals surface area contributed by atoms with Gasteiger partial charge in [0.05, 0.1) is 17.5 Å². The second-order valence-electron chi connectivity index (χ2n) is 4.66. The van der Waals surface area contributed by atoms with Crippen LogP contribution in [0, 0.1) is 6.92 Å². The highest BCUT2D eigenvalue weighted by Gasteiger charge is 2.19. The number of benzene rings is 1. The number of carbonyl (C=O) groups excluding carboxylic acids is 1. The Balaban J connectivity index is 3.14. The fourth-order valence-electron chi connectivity index (χ4n) is 1.81. The number of rotatable bonds is 6. The molecule has 0 saturated carbocycles. The average molecular weight is 335 g/mol. The Morgan fingerprint density at radius 1 is 1.48 bits per heavy atom. The topological polar surface area (TPSA) is 98.5 Å². The molecule has 1 aromatic carbocycles. The van der Waals surface area contributed by atoms with Crippen molar-refractivity contribution in [3.63, 3.8) is 0 Å². The third-order valence-corrected chi connectivity index (χ3v) is 4.49. The van der Waals surface area contributed by atoms with Gasteiger partial charge in [-0.15, -0.1) is 0 Å². The van der Waals surface area contributed by atoms with Crippen molar-refractivity contribution in [2.45, 2.75) is 31.2 Å². The van der Waals surface area contributed by atoms with E-state index in [9.17, 15) is 13.2 Å². The molecule has 3 N–H and O–H groups in total. The number of amides is 1. The predicted octanol–water partition coefficient (Wildman–Crippen LogP) is 1.45. The minimum absolute atomic E-state index is 0.143. The van der Waals surface area contributed by atoms with Gasteiger partial charge in [-0.1, -0.05) is 18.5 Å². The molecule has 1 rings (SSSR count). The fourth-order valence-corrected chi connectivity index (χ4v) is 2.92. The molecule has 0 heterocycles. The molecule has 0 aliphatic heterocycles. The Hall–Kier alpha value is -1.15. The molecule has 0 saturated heterocycles. The average Bonchev–Trinajstić information content (AvgIpc) is 2.39. The van der Waals surface area contributed by atoms with Crippen molar-refractivity contribution in [2.24, 2.45) is 5.14 Å². The van der Waals surface area contributed by atoms with Gasteiger partial charge in [0.1, 0.15) is 0 Å². The first kappa shape index (κ1) is 17.9. The van der Waals surface area contributed by atoms with Crippen LogP contribution in [-0.2, 0) is 14.8 Å². The first-order chi connectivity index (χ1) is 9.70. The highest BCUT2D eigenvalue weighted by molar-refractivity contribution is 7.89. The highest BCUT2D eigenvalue weighted by atomic mass is 35.5. The van der Waals surface area contributed by atoms with Crippen molar-refractivity contribution in [3.8, 4) is 0 Å². The summed E-state index contributed by atoms with van der Waals surface area (Å²) in [6.45, 7) is 3.80. The van der Waals surface area contributed by atoms with Gasteiger partial charge >= 0.3 is 0 Å². The van der Waals surface area contributed by atoms with Crippen molar-refractivity contribution in [3.05, 3.63) is 28.3 Å². The van der Waals surface area contributed by atoms with Crippen molar-refractivity contribution in [1.29, 1.82) is 0 Å². The Morgan fingerprint density at radius 3 is 2.57 bits per heavy atom. The van der Waals surface area contributed by atoms with Gasteiger partial charge in [-0.05, 0) is 31.0 Å². The number of halogens is 1. The lowest BCUT2D eigenvalue weighted by atomic mass is 10.1. The van der Waals surface area contributed by atoms with E-state index < -0.39 is 15.9 Å². The molecular formula is C13H19ClN2O4S. The van der Waals surface area contributed by atoms with Gasteiger partial charge in [-0.2, -0.15) is 0 Å². The van der Waals surface area contributed by atoms with Crippen LogP contribution < -0.4 is 10.5 Å². The molecule has 0 fully saturated rings. The molecule has 118 valence electrons. The number of carbonyl (C=O) groups is 1. The standard InChI is InChI=1S/C13H19ClN2O4S/c1-4-10(7-20-3)16-13(17)9-5-11(14)8(2)12(6-9)21(15,18)19/h5-6,10H,4,7H2,1-3H3,(H,16,17)(H2,15,18,19). The summed E-state index contributed by atoms with van der Waals surface area (Å²) in [5.74, 6) is -0.425. The first-order valence-corrected chi connectivity index (χ1v) is 8.25. The second-order valence-corrected chi connectivity index (χ2v) is 6.60. The SMILES string of the molecule is CCC(COC)NC(=O)c1cc(Cl)c(C)c(S(N)(=O)=O)c1. The van der Waals surface area contributed by atoms with Crippen LogP contribution in [-0.4, -0.2) is 34.1 Å². The van der Waals surface area contributed by atoms with E-state index in [2.05, 4.69) is 5.32 Å². The molecule has 6 nitrogen and oxygen atoms in total. The predicted molar refractivity (Wildman–Crippen MR) is 81.0 cm³/mol. The first-order valence-electron chi connectivity index (χ1n) is 6.33. The van der Waals surface area contributed by atoms with Crippen LogP contribution in [0.5, 0.6) is 0 Å². The zero-order valence-corrected chi connectivity index (χ0v) is 13.7. The Labute approximate surface area is 129 Å². The molecular weight excluding hydrogens is 316 g/mol. The summed E-state index contributed by atoms with van der Waals surface area (Å²) >= 11 is 5.98. The molecule has 1 atom stereocenters. The van der Waals surface area contributed by atoms with Crippen LogP contribution in [0.4, 0.5) is 0 Å². The number of ether oxygens (including phenoxy) is 1. The monoisotopic (exact) mass is 334 g/mol. The normalized spacial score (nSPS) is 13.0. The van der Waals surface area contributed by atoms with E-state index in [0.717, 1.165) is 0 Å². The summed E-state index contributed by atoms with van der Waals surface area (Å²) in [4.78, 5) is 12.0. The van der Waals surface area contributed by atoms with Crippen LogP contribution >= 0.6 is 11.6 Å². The van der Waals surface area contributed by atoms with Gasteiger partial charge in [0.15, 0.2) is 0 Å². The molecule has 0 spiro atoms. The lowest BCUT2D eigenvalue weighted by Gasteiger charge is -2.16. The van der Waals surface area contributed by atoms with E-state index >= 15 is 0 Å². The molecule has 8 heteroatoms. The quantitative estimate of drug-likeness (QED) is 0.822. The van der Waals surface area contributed by atoms with Gasteiger partial charge in [0.25, 0.3) is 5.91 Å². The van der Waals surface area contributed by atoms with E-state index in [4.69, 9.17) is 21.5 Å². The van der Waals surface area contributed by atoms with Crippen molar-refractivity contribution in [2.75, 3.05) is 13.7 Å². The summed E-state index contributed by atoms with van der Waals surface area (Å²) in [7, 11) is -2.41. The number of nitrogens with two attached hydrogens (primary N) is 1. The Morgan fingerprint density at radius 2 is 2.10 bits per heavy atom. The van der Waals surface area contributed by atoms with Crippen LogP contribution in [0.3, 0.4) is 0 Å². The van der Waals surface area contributed by atoms with E-state index in [1.807, 2.05) is 6.92 Å². The molecule has 0 bridgehead atoms. The number of hydrogen-bond acceptors (Lipinski definition) is 4. The van der Waals surface area contributed by atoms with Crippen LogP contribution in [0.1, 0.15) is 29.3 Å². The van der Waals surface area contributed by atoms with Crippen LogP contribution in [0.2, 0.25) is 5.02 Å². The molecule has 21 heavy (non-hydrogen) atoms. The summed E-state index contributed by atoms with van der Waals surface area (Å²) in [5, 5.41) is 8.06. The Kier molecular flexibility index (Phi) is 6.15. The van der Waals surface area contributed by atoms with E-state index in [1.165, 1.54) is 26.2 Å². The molecule has 0 aliphatic carbocycles. The zero-order valence-electron chi connectivity index (χ0n) is 12.1. The molecule has 0 radical (unpaired) electrons. The molecule has 1 aromatic rings. The molecule has 0 aliphatic rings. The number of hydrogen-bond donors (Lipinski definition) is 2. The smallest absolute Gasteiger partial charge is 0.251 e. The number of nitrogens with one attached hydrogen (secondary N) is 1. The largest absolute Gasteiger partial charge is 0.383 e. The van der Waals surface area contributed by atoms with Crippen molar-refractivity contribution in [1.82, 2.24) is 5.32 Å². The van der Waals surface area contributed by atoms with Gasteiger partial charge in [-0.3, -0.25) is 4.79 Å². The van der Waals surface area contributed by atoms with Crippen LogP contribution in [0.15, 0.2) is 17.0 Å². The summed E-state index contributed by atoms with van der Waals surface area (Å²) < 4.78 is 28.1. The van der Waals surface area contributed by atoms with Crippen molar-refractivity contribution < 1.29 is 17.9 Å². The van der Waals surface area contributed by atoms with E-state index in [0.29, 0.717) is 18.6 Å². The lowest BCUT2D eigenvalue weighted by Crippen LogP contribution is -2.37. The maximum absolute atomic E-state index is 12.2. The zero-order chi connectivity index (χ0) is 16.2. The van der Waals surface area contributed by atoms with Gasteiger partial charge < -0.3 is 10.1 Å². The summed E-state index contributed by atoms with van der Waals surface area (Å²) in [6.07, 6.45) is 0.682. The second kappa shape index (κ2) is 7.22. The van der Waals surface area contributed by atoms with Crippen LogP contribution in [0.25, 0.3) is 0 Å². The maximum Gasteiger partial charge on any atom is 0.251 e. The molecule has 0 aromatic heterocycles.